The summed E-state index contributed by atoms with van der Waals surface area (Å²) in [5, 5.41) is 0. The van der Waals surface area contributed by atoms with Gasteiger partial charge < -0.3 is 19.1 Å². The van der Waals surface area contributed by atoms with Crippen LogP contribution in [-0.2, 0) is 40.4 Å². The number of sulfonamides is 1. The summed E-state index contributed by atoms with van der Waals surface area (Å²) in [6, 6.07) is 4.13. The molecular weight excluding hydrogens is 823 g/mol. The SMILES string of the molecule is C.CC[C@H]1C(C(=O)C[C@]2(C(=O)NS(=O)(=O)C3(C)CC3)C[C@H]2C(F)F)N2C[C@@H]1Oc1nc3cc(OC)ccc3nc1CCCCC[C@@H]1CCC[C@@]1(C)OC(=O)C[C@@H](C(C)(C)C)C2=O. The predicted octanol–water partition coefficient (Wildman–Crippen LogP) is 7.76. The van der Waals surface area contributed by atoms with Gasteiger partial charge in [0.05, 0.1) is 53.2 Å². The van der Waals surface area contributed by atoms with Gasteiger partial charge >= 0.3 is 5.97 Å². The number of ether oxygens (including phenoxy) is 3. The number of aromatic nitrogens is 2. The molecule has 0 radical (unpaired) electrons. The van der Waals surface area contributed by atoms with Crippen molar-refractivity contribution in [1.82, 2.24) is 19.6 Å². The number of carbonyl (C=O) groups excluding carboxylic acids is 4. The van der Waals surface area contributed by atoms with E-state index in [1.165, 1.54) is 11.8 Å². The first kappa shape index (κ1) is 47.5. The zero-order chi connectivity index (χ0) is 44.3. The van der Waals surface area contributed by atoms with Crippen LogP contribution in [-0.4, -0.2) is 89.4 Å². The highest BCUT2D eigenvalue weighted by Gasteiger charge is 2.67. The van der Waals surface area contributed by atoms with E-state index in [4.69, 9.17) is 24.2 Å². The van der Waals surface area contributed by atoms with Crippen molar-refractivity contribution in [3.8, 4) is 11.6 Å². The number of benzene rings is 1. The van der Waals surface area contributed by atoms with E-state index in [1.54, 1.807) is 19.2 Å². The van der Waals surface area contributed by atoms with Gasteiger partial charge in [-0.1, -0.05) is 48.0 Å². The van der Waals surface area contributed by atoms with Crippen molar-refractivity contribution in [3.63, 3.8) is 0 Å². The number of nitrogens with one attached hydrogen (secondary N) is 1. The molecule has 1 aromatic carbocycles. The molecule has 62 heavy (non-hydrogen) atoms. The summed E-state index contributed by atoms with van der Waals surface area (Å²) in [4.78, 5) is 69.2. The number of carbonyl (C=O) groups is 4. The number of alkyl halides is 2. The minimum absolute atomic E-state index is 0. The molecule has 0 spiro atoms. The van der Waals surface area contributed by atoms with Crippen molar-refractivity contribution in [1.29, 1.82) is 0 Å². The maximum atomic E-state index is 15.1. The molecule has 2 amide bonds. The van der Waals surface area contributed by atoms with E-state index in [1.807, 2.05) is 40.7 Å². The summed E-state index contributed by atoms with van der Waals surface area (Å²) in [5.74, 6) is -5.01. The van der Waals surface area contributed by atoms with Crippen LogP contribution in [0, 0.1) is 34.5 Å². The number of hydrogen-bond donors (Lipinski definition) is 1. The third-order valence-corrected chi connectivity index (χ3v) is 16.8. The predicted molar refractivity (Wildman–Crippen MR) is 229 cm³/mol. The van der Waals surface area contributed by atoms with Crippen molar-refractivity contribution in [2.75, 3.05) is 13.7 Å². The van der Waals surface area contributed by atoms with Gasteiger partial charge in [-0.25, -0.2) is 27.2 Å². The largest absolute Gasteiger partial charge is 0.497 e. The minimum atomic E-state index is -4.20. The van der Waals surface area contributed by atoms with Crippen LogP contribution in [0.1, 0.15) is 138 Å². The molecule has 2 aliphatic heterocycles. The van der Waals surface area contributed by atoms with Gasteiger partial charge in [-0.2, -0.15) is 0 Å². The van der Waals surface area contributed by atoms with E-state index in [9.17, 15) is 31.6 Å². The number of fused-ring (bicyclic) bond motifs is 5. The standard InChI is InChI=1S/C45H62F2N4O9S.CH4/c1-8-28-35-25-51(37(28)34(52)24-45(23-30(45)38(46)47)41(55)50-61(56,57)43(5)19-20-43)40(54)29(42(2,3)4)22-36(53)60-44(6)18-12-14-26(44)13-10-9-11-15-32-39(59-35)49-33-21-27(58-7)16-17-31(33)48-32;/h16-17,21,26,28-30,35,37-38H,8-15,18-20,22-25H2,1-7H3,(H,50,55);1H4/t26-,28-,29-,30+,35+,37?,44-,45-;/m1./s1. The quantitative estimate of drug-likeness (QED) is 0.244. The Bertz CT molecular complexity index is 2160. The minimum Gasteiger partial charge on any atom is -0.497 e. The lowest BCUT2D eigenvalue weighted by atomic mass is 9.77. The second-order valence-electron chi connectivity index (χ2n) is 19.9. The number of rotatable bonds is 9. The molecule has 13 nitrogen and oxygen atoms in total. The molecule has 2 bridgehead atoms. The summed E-state index contributed by atoms with van der Waals surface area (Å²) in [7, 11) is -2.65. The van der Waals surface area contributed by atoms with Crippen LogP contribution < -0.4 is 14.2 Å². The summed E-state index contributed by atoms with van der Waals surface area (Å²) >= 11 is 0. The van der Waals surface area contributed by atoms with Crippen molar-refractivity contribution in [2.45, 2.75) is 168 Å². The number of ketones is 1. The molecule has 1 unspecified atom stereocenters. The van der Waals surface area contributed by atoms with E-state index in [0.29, 0.717) is 54.6 Å². The molecule has 1 N–H and O–H groups in total. The Morgan fingerprint density at radius 3 is 2.37 bits per heavy atom. The van der Waals surface area contributed by atoms with Crippen LogP contribution in [0.15, 0.2) is 18.2 Å². The molecule has 5 aliphatic rings. The van der Waals surface area contributed by atoms with Crippen LogP contribution in [0.4, 0.5) is 8.78 Å². The van der Waals surface area contributed by atoms with Gasteiger partial charge in [0, 0.05) is 24.3 Å². The Kier molecular flexibility index (Phi) is 13.5. The highest BCUT2D eigenvalue weighted by Crippen LogP contribution is 2.59. The van der Waals surface area contributed by atoms with Crippen LogP contribution >= 0.6 is 0 Å². The third kappa shape index (κ3) is 9.18. The van der Waals surface area contributed by atoms with Gasteiger partial charge in [0.2, 0.25) is 34.1 Å². The fraction of sp³-hybridized carbons (Fsp3) is 0.739. The molecule has 2 aromatic rings. The number of methoxy groups -OCH3 is 1. The van der Waals surface area contributed by atoms with E-state index < -0.39 is 97.5 Å². The van der Waals surface area contributed by atoms with E-state index >= 15 is 4.79 Å². The number of amides is 2. The van der Waals surface area contributed by atoms with Crippen molar-refractivity contribution >= 4 is 44.6 Å². The smallest absolute Gasteiger partial charge is 0.307 e. The molecule has 3 aliphatic carbocycles. The Labute approximate surface area is 365 Å². The van der Waals surface area contributed by atoms with Gasteiger partial charge in [-0.15, -0.1) is 0 Å². The molecule has 3 heterocycles. The van der Waals surface area contributed by atoms with Crippen LogP contribution in [0.5, 0.6) is 11.6 Å². The first-order valence-electron chi connectivity index (χ1n) is 22.1. The molecule has 7 rings (SSSR count). The Hall–Kier alpha value is -3.95. The lowest BCUT2D eigenvalue weighted by molar-refractivity contribution is -0.167. The summed E-state index contributed by atoms with van der Waals surface area (Å²) in [5.41, 5.74) is -1.68. The molecule has 1 saturated heterocycles. The number of Topliss-reactive ketones (excluding diaryl/α,β-unsaturated/α-hetero) is 1. The normalized spacial score (nSPS) is 31.4. The molecular formula is C46H66F2N4O9S. The highest BCUT2D eigenvalue weighted by molar-refractivity contribution is 7.91. The number of nitrogens with zero attached hydrogens (tertiary/aromatic N) is 3. The maximum Gasteiger partial charge on any atom is 0.307 e. The Balaban J connectivity index is 0.00000641. The number of halogens is 2. The number of esters is 1. The second kappa shape index (κ2) is 17.6. The molecule has 16 heteroatoms. The lowest BCUT2D eigenvalue weighted by Crippen LogP contribution is -2.50. The van der Waals surface area contributed by atoms with Crippen LogP contribution in [0.3, 0.4) is 0 Å². The van der Waals surface area contributed by atoms with Gasteiger partial charge in [0.15, 0.2) is 5.78 Å². The first-order chi connectivity index (χ1) is 28.6. The van der Waals surface area contributed by atoms with Crippen LogP contribution in [0.25, 0.3) is 11.0 Å². The molecule has 344 valence electrons. The average Bonchev–Trinajstić information content (AvgIpc) is 4.05. The summed E-state index contributed by atoms with van der Waals surface area (Å²) in [6.07, 6.45) is 2.36. The van der Waals surface area contributed by atoms with Gasteiger partial charge in [-0.3, -0.25) is 23.9 Å². The monoisotopic (exact) mass is 888 g/mol. The van der Waals surface area contributed by atoms with Gasteiger partial charge in [0.1, 0.15) is 23.1 Å². The topological polar surface area (TPSA) is 171 Å². The van der Waals surface area contributed by atoms with E-state index in [2.05, 4.69) is 4.72 Å². The van der Waals surface area contributed by atoms with Gasteiger partial charge in [0.25, 0.3) is 0 Å². The van der Waals surface area contributed by atoms with Crippen LogP contribution in [0.2, 0.25) is 0 Å². The molecule has 1 aromatic heterocycles. The number of hydrogen-bond acceptors (Lipinski definition) is 11. The fourth-order valence-electron chi connectivity index (χ4n) is 10.2. The number of aryl methyl sites for hydroxylation is 1. The van der Waals surface area contributed by atoms with E-state index in [-0.39, 0.29) is 38.6 Å². The fourth-order valence-corrected chi connectivity index (χ4v) is 11.5. The Morgan fingerprint density at radius 2 is 1.74 bits per heavy atom. The highest BCUT2D eigenvalue weighted by atomic mass is 32.2. The molecule has 8 atom stereocenters. The summed E-state index contributed by atoms with van der Waals surface area (Å²) < 4.78 is 74.7. The van der Waals surface area contributed by atoms with E-state index in [0.717, 1.165) is 38.5 Å². The average molecular weight is 889 g/mol. The second-order valence-corrected chi connectivity index (χ2v) is 22.1. The van der Waals surface area contributed by atoms with Crippen molar-refractivity contribution in [3.05, 3.63) is 23.9 Å². The third-order valence-electron chi connectivity index (χ3n) is 14.7. The Morgan fingerprint density at radius 1 is 1.03 bits per heavy atom. The maximum absolute atomic E-state index is 15.1. The molecule has 3 saturated carbocycles. The first-order valence-corrected chi connectivity index (χ1v) is 23.5. The van der Waals surface area contributed by atoms with Crippen molar-refractivity contribution < 1.29 is 50.6 Å². The molecule has 4 fully saturated rings. The van der Waals surface area contributed by atoms with Gasteiger partial charge in [-0.05, 0) is 102 Å². The summed E-state index contributed by atoms with van der Waals surface area (Å²) in [6.45, 7) is 10.7. The zero-order valence-corrected chi connectivity index (χ0v) is 37.4. The van der Waals surface area contributed by atoms with Crippen molar-refractivity contribution in [2.24, 2.45) is 34.5 Å². The zero-order valence-electron chi connectivity index (χ0n) is 36.6. The lowest BCUT2D eigenvalue weighted by Gasteiger charge is -2.37.